The molecule has 0 radical (unpaired) electrons. The molecular formula is C25H33N3O4. The molecule has 0 spiro atoms. The van der Waals surface area contributed by atoms with Crippen LogP contribution in [-0.4, -0.2) is 57.1 Å². The molecule has 7 heteroatoms. The predicted molar refractivity (Wildman–Crippen MR) is 127 cm³/mol. The molecule has 1 saturated heterocycles. The van der Waals surface area contributed by atoms with Gasteiger partial charge in [-0.25, -0.2) is 0 Å². The summed E-state index contributed by atoms with van der Waals surface area (Å²) in [6.07, 6.45) is 3.87. The highest BCUT2D eigenvalue weighted by molar-refractivity contribution is 6.08. The summed E-state index contributed by atoms with van der Waals surface area (Å²) in [5.41, 5.74) is 2.13. The van der Waals surface area contributed by atoms with Gasteiger partial charge in [-0.15, -0.1) is 0 Å². The van der Waals surface area contributed by atoms with Gasteiger partial charge in [0.25, 0.3) is 5.91 Å². The summed E-state index contributed by atoms with van der Waals surface area (Å²) < 4.78 is 10.6. The Bertz CT molecular complexity index is 884. The molecule has 172 valence electrons. The zero-order valence-electron chi connectivity index (χ0n) is 19.2. The Morgan fingerprint density at radius 3 is 2.09 bits per heavy atom. The Labute approximate surface area is 190 Å². The van der Waals surface area contributed by atoms with E-state index in [4.69, 9.17) is 9.47 Å². The first-order valence-electron chi connectivity index (χ1n) is 11.2. The van der Waals surface area contributed by atoms with E-state index >= 15 is 0 Å². The van der Waals surface area contributed by atoms with Crippen LogP contribution in [0.25, 0.3) is 0 Å². The van der Waals surface area contributed by atoms with Gasteiger partial charge in [0.1, 0.15) is 17.1 Å². The standard InChI is InChI=1S/C25H33N3O4/c1-4-5-6-10-23(29)28-17-15-27(16-18-28)20-13-11-19(12-14-20)26-25(30)24-21(31-2)8-7-9-22(24)32-3/h7-9,11-14H,4-6,10,15-18H2,1-3H3,(H,26,30). The molecular weight excluding hydrogens is 406 g/mol. The molecule has 0 saturated carbocycles. The Balaban J connectivity index is 1.57. The van der Waals surface area contributed by atoms with Crippen LogP contribution in [0.4, 0.5) is 11.4 Å². The predicted octanol–water partition coefficient (Wildman–Crippen LogP) is 4.19. The summed E-state index contributed by atoms with van der Waals surface area (Å²) in [6, 6.07) is 13.0. The van der Waals surface area contributed by atoms with Gasteiger partial charge >= 0.3 is 0 Å². The van der Waals surface area contributed by atoms with E-state index in [1.165, 1.54) is 14.2 Å². The zero-order valence-corrected chi connectivity index (χ0v) is 19.2. The average molecular weight is 440 g/mol. The van der Waals surface area contributed by atoms with Crippen molar-refractivity contribution in [3.63, 3.8) is 0 Å². The van der Waals surface area contributed by atoms with E-state index in [9.17, 15) is 9.59 Å². The number of nitrogens with one attached hydrogen (secondary N) is 1. The molecule has 0 bridgehead atoms. The first-order valence-corrected chi connectivity index (χ1v) is 11.2. The fourth-order valence-electron chi connectivity index (χ4n) is 3.92. The van der Waals surface area contributed by atoms with E-state index in [0.717, 1.165) is 51.1 Å². The summed E-state index contributed by atoms with van der Waals surface area (Å²) in [5.74, 6) is 0.895. The second kappa shape index (κ2) is 11.4. The number of hydrogen-bond donors (Lipinski definition) is 1. The second-order valence-corrected chi connectivity index (χ2v) is 7.86. The van der Waals surface area contributed by atoms with Crippen molar-refractivity contribution in [3.8, 4) is 11.5 Å². The molecule has 7 nitrogen and oxygen atoms in total. The van der Waals surface area contributed by atoms with E-state index in [1.54, 1.807) is 18.2 Å². The van der Waals surface area contributed by atoms with Gasteiger partial charge < -0.3 is 24.6 Å². The van der Waals surface area contributed by atoms with Gasteiger partial charge in [-0.3, -0.25) is 9.59 Å². The lowest BCUT2D eigenvalue weighted by Crippen LogP contribution is -2.48. The van der Waals surface area contributed by atoms with Gasteiger partial charge in [0.2, 0.25) is 5.91 Å². The smallest absolute Gasteiger partial charge is 0.263 e. The molecule has 0 aromatic heterocycles. The third-order valence-corrected chi connectivity index (χ3v) is 5.77. The number of benzene rings is 2. The second-order valence-electron chi connectivity index (χ2n) is 7.86. The molecule has 3 rings (SSSR count). The topological polar surface area (TPSA) is 71.1 Å². The fourth-order valence-corrected chi connectivity index (χ4v) is 3.92. The molecule has 0 aliphatic carbocycles. The molecule has 0 unspecified atom stereocenters. The monoisotopic (exact) mass is 439 g/mol. The Kier molecular flexibility index (Phi) is 8.36. The van der Waals surface area contributed by atoms with Crippen LogP contribution in [0.1, 0.15) is 43.0 Å². The highest BCUT2D eigenvalue weighted by Crippen LogP contribution is 2.29. The number of amides is 2. The lowest BCUT2D eigenvalue weighted by Gasteiger charge is -2.36. The highest BCUT2D eigenvalue weighted by Gasteiger charge is 2.21. The maximum Gasteiger partial charge on any atom is 0.263 e. The molecule has 0 atom stereocenters. The number of hydrogen-bond acceptors (Lipinski definition) is 5. The molecule has 1 fully saturated rings. The Hall–Kier alpha value is -3.22. The van der Waals surface area contributed by atoms with Crippen molar-refractivity contribution in [2.45, 2.75) is 32.6 Å². The van der Waals surface area contributed by atoms with Crippen LogP contribution in [0.5, 0.6) is 11.5 Å². The van der Waals surface area contributed by atoms with Crippen molar-refractivity contribution in [1.82, 2.24) is 4.90 Å². The lowest BCUT2D eigenvalue weighted by molar-refractivity contribution is -0.131. The maximum absolute atomic E-state index is 12.8. The number of carbonyl (C=O) groups excluding carboxylic acids is 2. The van der Waals surface area contributed by atoms with Crippen LogP contribution in [-0.2, 0) is 4.79 Å². The van der Waals surface area contributed by atoms with Gasteiger partial charge in [-0.2, -0.15) is 0 Å². The van der Waals surface area contributed by atoms with Gasteiger partial charge in [-0.05, 0) is 42.8 Å². The SMILES string of the molecule is CCCCCC(=O)N1CCN(c2ccc(NC(=O)c3c(OC)cccc3OC)cc2)CC1. The van der Waals surface area contributed by atoms with Crippen molar-refractivity contribution in [2.24, 2.45) is 0 Å². The third-order valence-electron chi connectivity index (χ3n) is 5.77. The summed E-state index contributed by atoms with van der Waals surface area (Å²) in [7, 11) is 3.05. The number of piperazine rings is 1. The van der Waals surface area contributed by atoms with Crippen molar-refractivity contribution < 1.29 is 19.1 Å². The van der Waals surface area contributed by atoms with Gasteiger partial charge in [0.15, 0.2) is 0 Å². The normalized spacial score (nSPS) is 13.6. The van der Waals surface area contributed by atoms with Gasteiger partial charge in [-0.1, -0.05) is 25.8 Å². The molecule has 2 aromatic carbocycles. The Morgan fingerprint density at radius 1 is 0.906 bits per heavy atom. The molecule has 2 amide bonds. The lowest BCUT2D eigenvalue weighted by atomic mass is 10.1. The zero-order chi connectivity index (χ0) is 22.9. The fraction of sp³-hybridized carbons (Fsp3) is 0.440. The van der Waals surface area contributed by atoms with E-state index in [0.29, 0.717) is 29.2 Å². The largest absolute Gasteiger partial charge is 0.496 e. The number of rotatable bonds is 9. The molecule has 1 aliphatic heterocycles. The number of carbonyl (C=O) groups is 2. The van der Waals surface area contributed by atoms with Crippen molar-refractivity contribution in [3.05, 3.63) is 48.0 Å². The average Bonchev–Trinajstić information content (AvgIpc) is 2.84. The van der Waals surface area contributed by atoms with Crippen LogP contribution in [0, 0.1) is 0 Å². The summed E-state index contributed by atoms with van der Waals surface area (Å²) in [6.45, 7) is 5.26. The first kappa shape index (κ1) is 23.4. The number of anilines is 2. The van der Waals surface area contributed by atoms with Crippen molar-refractivity contribution in [2.75, 3.05) is 50.6 Å². The molecule has 1 N–H and O–H groups in total. The number of methoxy groups -OCH3 is 2. The van der Waals surface area contributed by atoms with Crippen LogP contribution < -0.4 is 19.7 Å². The minimum atomic E-state index is -0.290. The summed E-state index contributed by atoms with van der Waals surface area (Å²) in [4.78, 5) is 29.4. The molecule has 32 heavy (non-hydrogen) atoms. The van der Waals surface area contributed by atoms with E-state index in [-0.39, 0.29) is 11.8 Å². The molecule has 2 aromatic rings. The van der Waals surface area contributed by atoms with Crippen LogP contribution in [0.15, 0.2) is 42.5 Å². The van der Waals surface area contributed by atoms with E-state index in [2.05, 4.69) is 17.1 Å². The number of unbranched alkanes of at least 4 members (excludes halogenated alkanes) is 2. The van der Waals surface area contributed by atoms with Gasteiger partial charge in [0.05, 0.1) is 14.2 Å². The van der Waals surface area contributed by atoms with Crippen LogP contribution in [0.2, 0.25) is 0 Å². The number of nitrogens with zero attached hydrogens (tertiary/aromatic N) is 2. The van der Waals surface area contributed by atoms with E-state index < -0.39 is 0 Å². The quantitative estimate of drug-likeness (QED) is 0.594. The third kappa shape index (κ3) is 5.72. The van der Waals surface area contributed by atoms with Crippen molar-refractivity contribution >= 4 is 23.2 Å². The van der Waals surface area contributed by atoms with Crippen molar-refractivity contribution in [1.29, 1.82) is 0 Å². The summed E-state index contributed by atoms with van der Waals surface area (Å²) in [5, 5.41) is 2.91. The summed E-state index contributed by atoms with van der Waals surface area (Å²) >= 11 is 0. The van der Waals surface area contributed by atoms with Crippen LogP contribution >= 0.6 is 0 Å². The van der Waals surface area contributed by atoms with Crippen LogP contribution in [0.3, 0.4) is 0 Å². The van der Waals surface area contributed by atoms with E-state index in [1.807, 2.05) is 29.2 Å². The minimum absolute atomic E-state index is 0.267. The highest BCUT2D eigenvalue weighted by atomic mass is 16.5. The molecule has 1 heterocycles. The minimum Gasteiger partial charge on any atom is -0.496 e. The molecule has 1 aliphatic rings. The number of ether oxygens (including phenoxy) is 2. The Morgan fingerprint density at radius 2 is 1.53 bits per heavy atom. The van der Waals surface area contributed by atoms with Gasteiger partial charge in [0, 0.05) is 44.0 Å². The first-order chi connectivity index (χ1) is 15.6. The maximum atomic E-state index is 12.8.